The first-order valence-electron chi connectivity index (χ1n) is 7.19. The van der Waals surface area contributed by atoms with Crippen molar-refractivity contribution in [3.05, 3.63) is 48.0 Å². The topological polar surface area (TPSA) is 32.3 Å². The second-order valence-corrected chi connectivity index (χ2v) is 5.60. The molecule has 3 rings (SSSR count). The van der Waals surface area contributed by atoms with Crippen molar-refractivity contribution < 1.29 is 4.79 Å². The fourth-order valence-corrected chi connectivity index (χ4v) is 3.08. The van der Waals surface area contributed by atoms with E-state index in [0.29, 0.717) is 0 Å². The number of rotatable bonds is 1. The molecule has 1 aliphatic heterocycles. The van der Waals surface area contributed by atoms with Gasteiger partial charge in [0.15, 0.2) is 0 Å². The Morgan fingerprint density at radius 3 is 2.45 bits per heavy atom. The van der Waals surface area contributed by atoms with Crippen LogP contribution in [0.25, 0.3) is 10.8 Å². The highest BCUT2D eigenvalue weighted by Crippen LogP contribution is 2.22. The third-order valence-corrected chi connectivity index (χ3v) is 4.08. The molecule has 1 heterocycles. The molecule has 0 radical (unpaired) electrons. The van der Waals surface area contributed by atoms with Gasteiger partial charge in [-0.1, -0.05) is 36.4 Å². The van der Waals surface area contributed by atoms with Crippen LogP contribution >= 0.6 is 0 Å². The standard InChI is InChI=1S/C17H20N2O/c1-12-10-18-11-13(2)19(12)17(20)16-9-5-7-14-6-3-4-8-15(14)16/h3-9,12-13,18H,10-11H2,1-2H3. The van der Waals surface area contributed by atoms with Gasteiger partial charge in [-0.2, -0.15) is 0 Å². The van der Waals surface area contributed by atoms with Gasteiger partial charge in [-0.05, 0) is 30.7 Å². The van der Waals surface area contributed by atoms with E-state index in [1.54, 1.807) is 0 Å². The number of nitrogens with zero attached hydrogens (tertiary/aromatic N) is 1. The van der Waals surface area contributed by atoms with Crippen molar-refractivity contribution in [2.24, 2.45) is 0 Å². The van der Waals surface area contributed by atoms with Crippen LogP contribution in [0.15, 0.2) is 42.5 Å². The van der Waals surface area contributed by atoms with Crippen LogP contribution in [0.2, 0.25) is 0 Å². The maximum absolute atomic E-state index is 12.9. The molecule has 2 aromatic carbocycles. The van der Waals surface area contributed by atoms with Gasteiger partial charge in [0.25, 0.3) is 5.91 Å². The molecule has 1 aliphatic rings. The summed E-state index contributed by atoms with van der Waals surface area (Å²) in [6, 6.07) is 14.5. The molecule has 0 spiro atoms. The van der Waals surface area contributed by atoms with Crippen LogP contribution in [0.4, 0.5) is 0 Å². The largest absolute Gasteiger partial charge is 0.331 e. The Balaban J connectivity index is 2.04. The lowest BCUT2D eigenvalue weighted by Crippen LogP contribution is -2.57. The van der Waals surface area contributed by atoms with Gasteiger partial charge in [-0.15, -0.1) is 0 Å². The molecule has 3 nitrogen and oxygen atoms in total. The second-order valence-electron chi connectivity index (χ2n) is 5.60. The Kier molecular flexibility index (Phi) is 3.45. The zero-order chi connectivity index (χ0) is 14.1. The first kappa shape index (κ1) is 13.1. The first-order chi connectivity index (χ1) is 9.68. The van der Waals surface area contributed by atoms with Crippen molar-refractivity contribution in [1.29, 1.82) is 0 Å². The lowest BCUT2D eigenvalue weighted by molar-refractivity contribution is 0.0546. The molecular weight excluding hydrogens is 248 g/mol. The Bertz CT molecular complexity index is 622. The number of nitrogens with one attached hydrogen (secondary N) is 1. The van der Waals surface area contributed by atoms with Crippen LogP contribution in [0.1, 0.15) is 24.2 Å². The number of carbonyl (C=O) groups excluding carboxylic acids is 1. The molecule has 1 amide bonds. The molecule has 3 heteroatoms. The molecule has 2 unspecified atom stereocenters. The molecule has 2 aromatic rings. The normalized spacial score (nSPS) is 23.0. The maximum atomic E-state index is 12.9. The van der Waals surface area contributed by atoms with E-state index >= 15 is 0 Å². The fraction of sp³-hybridized carbons (Fsp3) is 0.353. The van der Waals surface area contributed by atoms with Crippen LogP contribution in [-0.4, -0.2) is 36.0 Å². The van der Waals surface area contributed by atoms with Crippen molar-refractivity contribution >= 4 is 16.7 Å². The summed E-state index contributed by atoms with van der Waals surface area (Å²) in [5.74, 6) is 0.142. The van der Waals surface area contributed by atoms with Crippen molar-refractivity contribution in [3.8, 4) is 0 Å². The lowest BCUT2D eigenvalue weighted by Gasteiger charge is -2.39. The van der Waals surface area contributed by atoms with Gasteiger partial charge in [-0.25, -0.2) is 0 Å². The molecule has 0 bridgehead atoms. The van der Waals surface area contributed by atoms with E-state index in [2.05, 4.69) is 31.3 Å². The minimum atomic E-state index is 0.142. The van der Waals surface area contributed by atoms with Gasteiger partial charge < -0.3 is 10.2 Å². The lowest BCUT2D eigenvalue weighted by atomic mass is 10.0. The monoisotopic (exact) mass is 268 g/mol. The molecule has 1 fully saturated rings. The van der Waals surface area contributed by atoms with E-state index in [1.165, 1.54) is 0 Å². The van der Waals surface area contributed by atoms with Gasteiger partial charge >= 0.3 is 0 Å². The molecule has 0 aliphatic carbocycles. The predicted molar refractivity (Wildman–Crippen MR) is 81.9 cm³/mol. The summed E-state index contributed by atoms with van der Waals surface area (Å²) in [4.78, 5) is 14.9. The number of fused-ring (bicyclic) bond motifs is 1. The van der Waals surface area contributed by atoms with Crippen molar-refractivity contribution in [2.75, 3.05) is 13.1 Å². The summed E-state index contributed by atoms with van der Waals surface area (Å²) in [6.45, 7) is 5.93. The molecule has 20 heavy (non-hydrogen) atoms. The summed E-state index contributed by atoms with van der Waals surface area (Å²) in [6.07, 6.45) is 0. The van der Waals surface area contributed by atoms with E-state index in [0.717, 1.165) is 29.4 Å². The second kappa shape index (κ2) is 5.25. The van der Waals surface area contributed by atoms with Crippen LogP contribution in [-0.2, 0) is 0 Å². The summed E-state index contributed by atoms with van der Waals surface area (Å²) in [5.41, 5.74) is 0.809. The Morgan fingerprint density at radius 2 is 1.70 bits per heavy atom. The highest BCUT2D eigenvalue weighted by atomic mass is 16.2. The first-order valence-corrected chi connectivity index (χ1v) is 7.19. The van der Waals surface area contributed by atoms with Gasteiger partial charge in [0.1, 0.15) is 0 Å². The van der Waals surface area contributed by atoms with Gasteiger partial charge in [0.2, 0.25) is 0 Å². The highest BCUT2D eigenvalue weighted by molar-refractivity contribution is 6.07. The van der Waals surface area contributed by atoms with Gasteiger partial charge in [0.05, 0.1) is 0 Å². The van der Waals surface area contributed by atoms with Gasteiger partial charge in [-0.3, -0.25) is 4.79 Å². The van der Waals surface area contributed by atoms with Crippen LogP contribution in [0, 0.1) is 0 Å². The van der Waals surface area contributed by atoms with Gasteiger partial charge in [0, 0.05) is 30.7 Å². The molecule has 0 saturated carbocycles. The third-order valence-electron chi connectivity index (χ3n) is 4.08. The van der Waals surface area contributed by atoms with E-state index in [-0.39, 0.29) is 18.0 Å². The Labute approximate surface area is 119 Å². The Hall–Kier alpha value is -1.87. The molecule has 1 saturated heterocycles. The maximum Gasteiger partial charge on any atom is 0.255 e. The van der Waals surface area contributed by atoms with Crippen molar-refractivity contribution in [3.63, 3.8) is 0 Å². The summed E-state index contributed by atoms with van der Waals surface area (Å²) in [5, 5.41) is 5.52. The number of amides is 1. The van der Waals surface area contributed by atoms with E-state index < -0.39 is 0 Å². The SMILES string of the molecule is CC1CNCC(C)N1C(=O)c1cccc2ccccc12. The van der Waals surface area contributed by atoms with E-state index in [4.69, 9.17) is 0 Å². The Morgan fingerprint density at radius 1 is 1.05 bits per heavy atom. The zero-order valence-electron chi connectivity index (χ0n) is 12.0. The van der Waals surface area contributed by atoms with Crippen LogP contribution < -0.4 is 5.32 Å². The third kappa shape index (κ3) is 2.18. The summed E-state index contributed by atoms with van der Waals surface area (Å²) >= 11 is 0. The number of piperazine rings is 1. The smallest absolute Gasteiger partial charge is 0.255 e. The number of hydrogen-bond donors (Lipinski definition) is 1. The minimum Gasteiger partial charge on any atom is -0.331 e. The van der Waals surface area contributed by atoms with E-state index in [9.17, 15) is 4.79 Å². The molecule has 2 atom stereocenters. The quantitative estimate of drug-likeness (QED) is 0.862. The average Bonchev–Trinajstić information content (AvgIpc) is 2.46. The van der Waals surface area contributed by atoms with E-state index in [1.807, 2.05) is 35.2 Å². The van der Waals surface area contributed by atoms with Crippen molar-refractivity contribution in [1.82, 2.24) is 10.2 Å². The fourth-order valence-electron chi connectivity index (χ4n) is 3.08. The predicted octanol–water partition coefficient (Wildman–Crippen LogP) is 2.66. The molecular formula is C17H20N2O. The average molecular weight is 268 g/mol. The minimum absolute atomic E-state index is 0.142. The van der Waals surface area contributed by atoms with Crippen LogP contribution in [0.5, 0.6) is 0 Å². The number of hydrogen-bond acceptors (Lipinski definition) is 2. The summed E-state index contributed by atoms with van der Waals surface area (Å²) in [7, 11) is 0. The number of carbonyl (C=O) groups is 1. The van der Waals surface area contributed by atoms with Crippen molar-refractivity contribution in [2.45, 2.75) is 25.9 Å². The number of benzene rings is 2. The highest BCUT2D eigenvalue weighted by Gasteiger charge is 2.30. The zero-order valence-corrected chi connectivity index (χ0v) is 12.0. The molecule has 1 N–H and O–H groups in total. The molecule has 104 valence electrons. The van der Waals surface area contributed by atoms with Crippen LogP contribution in [0.3, 0.4) is 0 Å². The summed E-state index contributed by atoms with van der Waals surface area (Å²) < 4.78 is 0. The molecule has 0 aromatic heterocycles.